The largest absolute Gasteiger partial charge is 0.496 e. The maximum Gasteiger partial charge on any atom is 0.335 e. The second-order valence-electron chi connectivity index (χ2n) is 8.76. The van der Waals surface area contributed by atoms with Gasteiger partial charge in [0.1, 0.15) is 11.6 Å². The topological polar surface area (TPSA) is 46.5 Å². The average Bonchev–Trinajstić information content (AvgIpc) is 2.64. The Kier molecular flexibility index (Phi) is 5.09. The van der Waals surface area contributed by atoms with Crippen LogP contribution in [0.5, 0.6) is 5.75 Å². The van der Waals surface area contributed by atoms with Crippen molar-refractivity contribution in [2.45, 2.75) is 51.4 Å². The maximum absolute atomic E-state index is 15.1. The van der Waals surface area contributed by atoms with Crippen LogP contribution in [0.4, 0.5) is 4.39 Å². The highest BCUT2D eigenvalue weighted by Gasteiger charge is 2.40. The summed E-state index contributed by atoms with van der Waals surface area (Å²) < 4.78 is 20.8. The van der Waals surface area contributed by atoms with E-state index in [2.05, 4.69) is 27.7 Å². The van der Waals surface area contributed by atoms with Crippen molar-refractivity contribution in [3.63, 3.8) is 0 Å². The minimum absolute atomic E-state index is 0.102. The Labute approximate surface area is 165 Å². The zero-order valence-corrected chi connectivity index (χ0v) is 17.1. The van der Waals surface area contributed by atoms with Crippen molar-refractivity contribution >= 4 is 18.1 Å². The third kappa shape index (κ3) is 3.56. The third-order valence-corrected chi connectivity index (χ3v) is 5.85. The van der Waals surface area contributed by atoms with Crippen molar-refractivity contribution in [2.24, 2.45) is 0 Å². The molecule has 0 fully saturated rings. The van der Waals surface area contributed by atoms with E-state index in [0.29, 0.717) is 11.3 Å². The average molecular weight is 382 g/mol. The monoisotopic (exact) mass is 382 g/mol. The highest BCUT2D eigenvalue weighted by Crippen LogP contribution is 2.51. The van der Waals surface area contributed by atoms with Gasteiger partial charge in [-0.3, -0.25) is 0 Å². The van der Waals surface area contributed by atoms with E-state index in [-0.39, 0.29) is 22.2 Å². The molecule has 3 nitrogen and oxygen atoms in total. The SMILES string of the molecule is COc1c(C=Cc2ccc(C(=O)O)cc2)c(F)cc2c1C(C)(C)CCC2(C)C. The minimum Gasteiger partial charge on any atom is -0.496 e. The molecule has 1 aliphatic rings. The smallest absolute Gasteiger partial charge is 0.335 e. The summed E-state index contributed by atoms with van der Waals surface area (Å²) in [6, 6.07) is 8.14. The number of halogens is 1. The van der Waals surface area contributed by atoms with Gasteiger partial charge in [0.25, 0.3) is 0 Å². The molecule has 2 aromatic rings. The summed E-state index contributed by atoms with van der Waals surface area (Å²) in [5, 5.41) is 9.01. The van der Waals surface area contributed by atoms with E-state index in [9.17, 15) is 4.79 Å². The Bertz CT molecular complexity index is 937. The molecule has 2 aromatic carbocycles. The van der Waals surface area contributed by atoms with Gasteiger partial charge in [0.2, 0.25) is 0 Å². The minimum atomic E-state index is -0.970. The number of ether oxygens (including phenoxy) is 1. The van der Waals surface area contributed by atoms with Crippen LogP contribution in [0.1, 0.15) is 73.1 Å². The number of carboxylic acid groups (broad SMARTS) is 1. The van der Waals surface area contributed by atoms with Gasteiger partial charge in [0.15, 0.2) is 0 Å². The molecular formula is C24H27FO3. The second kappa shape index (κ2) is 7.08. The lowest BCUT2D eigenvalue weighted by molar-refractivity contribution is 0.0697. The first-order chi connectivity index (χ1) is 13.1. The number of benzene rings is 2. The second-order valence-corrected chi connectivity index (χ2v) is 8.76. The van der Waals surface area contributed by atoms with Crippen molar-refractivity contribution in [1.82, 2.24) is 0 Å². The molecule has 0 spiro atoms. The molecule has 1 N–H and O–H groups in total. The van der Waals surface area contributed by atoms with Gasteiger partial charge in [-0.1, -0.05) is 45.9 Å². The molecular weight excluding hydrogens is 355 g/mol. The molecule has 0 saturated carbocycles. The van der Waals surface area contributed by atoms with Gasteiger partial charge in [-0.15, -0.1) is 0 Å². The first kappa shape index (κ1) is 20.1. The molecule has 0 bridgehead atoms. The quantitative estimate of drug-likeness (QED) is 0.655. The fraction of sp³-hybridized carbons (Fsp3) is 0.375. The Hall–Kier alpha value is -2.62. The summed E-state index contributed by atoms with van der Waals surface area (Å²) in [5.41, 5.74) is 3.33. The molecule has 0 heterocycles. The molecule has 148 valence electrons. The fourth-order valence-corrected chi connectivity index (χ4v) is 4.02. The molecule has 1 aliphatic carbocycles. The van der Waals surface area contributed by atoms with Crippen LogP contribution in [-0.4, -0.2) is 18.2 Å². The number of fused-ring (bicyclic) bond motifs is 1. The first-order valence-corrected chi connectivity index (χ1v) is 9.50. The third-order valence-electron chi connectivity index (χ3n) is 5.85. The van der Waals surface area contributed by atoms with Gasteiger partial charge in [0, 0.05) is 5.56 Å². The molecule has 0 unspecified atom stereocenters. The van der Waals surface area contributed by atoms with E-state index in [0.717, 1.165) is 29.5 Å². The van der Waals surface area contributed by atoms with E-state index in [1.165, 1.54) is 12.1 Å². The number of aromatic carboxylic acids is 1. The molecule has 0 radical (unpaired) electrons. The highest BCUT2D eigenvalue weighted by molar-refractivity contribution is 5.88. The van der Waals surface area contributed by atoms with Crippen LogP contribution >= 0.6 is 0 Å². The van der Waals surface area contributed by atoms with Crippen LogP contribution in [0.3, 0.4) is 0 Å². The number of carbonyl (C=O) groups is 1. The van der Waals surface area contributed by atoms with Crippen molar-refractivity contribution in [3.05, 3.63) is 64.0 Å². The molecule has 0 atom stereocenters. The van der Waals surface area contributed by atoms with E-state index >= 15 is 4.39 Å². The lowest BCUT2D eigenvalue weighted by atomic mass is 9.62. The Balaban J connectivity index is 2.10. The highest BCUT2D eigenvalue weighted by atomic mass is 19.1. The van der Waals surface area contributed by atoms with Gasteiger partial charge in [-0.25, -0.2) is 9.18 Å². The maximum atomic E-state index is 15.1. The fourth-order valence-electron chi connectivity index (χ4n) is 4.02. The summed E-state index contributed by atoms with van der Waals surface area (Å²) in [6.07, 6.45) is 5.50. The van der Waals surface area contributed by atoms with Crippen LogP contribution in [0.2, 0.25) is 0 Å². The van der Waals surface area contributed by atoms with Gasteiger partial charge in [-0.05, 0) is 59.1 Å². The predicted octanol–water partition coefficient (Wildman–Crippen LogP) is 6.05. The Morgan fingerprint density at radius 3 is 2.25 bits per heavy atom. The zero-order valence-electron chi connectivity index (χ0n) is 17.1. The Morgan fingerprint density at radius 1 is 1.07 bits per heavy atom. The van der Waals surface area contributed by atoms with Crippen LogP contribution < -0.4 is 4.74 Å². The molecule has 4 heteroatoms. The van der Waals surface area contributed by atoms with Crippen molar-refractivity contribution in [3.8, 4) is 5.75 Å². The molecule has 0 aliphatic heterocycles. The van der Waals surface area contributed by atoms with Crippen molar-refractivity contribution < 1.29 is 19.0 Å². The molecule has 0 amide bonds. The van der Waals surface area contributed by atoms with E-state index in [4.69, 9.17) is 9.84 Å². The molecule has 3 rings (SSSR count). The number of hydrogen-bond donors (Lipinski definition) is 1. The number of rotatable bonds is 4. The number of carboxylic acids is 1. The van der Waals surface area contributed by atoms with E-state index < -0.39 is 5.97 Å². The van der Waals surface area contributed by atoms with Crippen LogP contribution in [0.25, 0.3) is 12.2 Å². The van der Waals surface area contributed by atoms with Crippen molar-refractivity contribution in [1.29, 1.82) is 0 Å². The molecule has 0 saturated heterocycles. The zero-order chi connectivity index (χ0) is 20.7. The molecule has 0 aromatic heterocycles. The lowest BCUT2D eigenvalue weighted by Gasteiger charge is -2.42. The summed E-state index contributed by atoms with van der Waals surface area (Å²) in [5.74, 6) is -0.686. The lowest BCUT2D eigenvalue weighted by Crippen LogP contribution is -2.34. The predicted molar refractivity (Wildman–Crippen MR) is 111 cm³/mol. The summed E-state index contributed by atoms with van der Waals surface area (Å²) in [7, 11) is 1.59. The number of hydrogen-bond acceptors (Lipinski definition) is 2. The van der Waals surface area contributed by atoms with Crippen molar-refractivity contribution in [2.75, 3.05) is 7.11 Å². The summed E-state index contributed by atoms with van der Waals surface area (Å²) in [4.78, 5) is 11.0. The van der Waals surface area contributed by atoms with Gasteiger partial charge in [0.05, 0.1) is 18.2 Å². The van der Waals surface area contributed by atoms with Gasteiger partial charge < -0.3 is 9.84 Å². The standard InChI is InChI=1S/C24H27FO3/c1-23(2)12-13-24(3,4)20-18(23)14-19(25)17(21(20)28-5)11-8-15-6-9-16(10-7-15)22(26)27/h6-11,14H,12-13H2,1-5H3,(H,26,27). The Morgan fingerprint density at radius 2 is 1.68 bits per heavy atom. The van der Waals surface area contributed by atoms with Gasteiger partial charge >= 0.3 is 5.97 Å². The van der Waals surface area contributed by atoms with Crippen LogP contribution in [0.15, 0.2) is 30.3 Å². The number of methoxy groups -OCH3 is 1. The first-order valence-electron chi connectivity index (χ1n) is 9.50. The van der Waals surface area contributed by atoms with Crippen LogP contribution in [0, 0.1) is 5.82 Å². The summed E-state index contributed by atoms with van der Waals surface area (Å²) in [6.45, 7) is 8.66. The van der Waals surface area contributed by atoms with E-state index in [1.54, 1.807) is 37.5 Å². The normalized spacial score (nSPS) is 17.4. The van der Waals surface area contributed by atoms with Crippen LogP contribution in [-0.2, 0) is 10.8 Å². The molecule has 28 heavy (non-hydrogen) atoms. The summed E-state index contributed by atoms with van der Waals surface area (Å²) >= 11 is 0. The van der Waals surface area contributed by atoms with Gasteiger partial charge in [-0.2, -0.15) is 0 Å². The van der Waals surface area contributed by atoms with E-state index in [1.807, 2.05) is 0 Å².